The minimum absolute atomic E-state index is 0.241. The number of hydrogen-bond donors (Lipinski definition) is 1. The van der Waals surface area contributed by atoms with Crippen LogP contribution in [0.2, 0.25) is 0 Å². The highest BCUT2D eigenvalue weighted by Gasteiger charge is 2.13. The van der Waals surface area contributed by atoms with E-state index in [1.54, 1.807) is 12.1 Å². The summed E-state index contributed by atoms with van der Waals surface area (Å²) in [5, 5.41) is 10.0. The Kier molecular flexibility index (Phi) is 4.95. The van der Waals surface area contributed by atoms with E-state index < -0.39 is 6.10 Å². The van der Waals surface area contributed by atoms with Crippen LogP contribution in [0.15, 0.2) is 34.3 Å². The molecule has 0 aromatic heterocycles. The van der Waals surface area contributed by atoms with Gasteiger partial charge in [-0.25, -0.2) is 4.39 Å². The molecule has 3 heteroatoms. The molecule has 0 heterocycles. The molecule has 1 N–H and O–H groups in total. The Bertz CT molecular complexity index is 442. The molecule has 2 rings (SSSR count). The van der Waals surface area contributed by atoms with Crippen molar-refractivity contribution in [2.24, 2.45) is 0 Å². The molecule has 1 aromatic carbocycles. The van der Waals surface area contributed by atoms with Crippen LogP contribution in [0.1, 0.15) is 37.7 Å². The van der Waals surface area contributed by atoms with Gasteiger partial charge in [-0.3, -0.25) is 0 Å². The summed E-state index contributed by atoms with van der Waals surface area (Å²) in [7, 11) is 0. The smallest absolute Gasteiger partial charge is 0.126 e. The maximum absolute atomic E-state index is 13.6. The average Bonchev–Trinajstić information content (AvgIpc) is 2.35. The lowest BCUT2D eigenvalue weighted by Crippen LogP contribution is -2.13. The number of aliphatic hydroxyl groups is 1. The number of aliphatic hydroxyl groups excluding tert-OH is 1. The van der Waals surface area contributed by atoms with Crippen molar-refractivity contribution >= 4 is 15.9 Å². The molecule has 1 aliphatic carbocycles. The van der Waals surface area contributed by atoms with E-state index in [2.05, 4.69) is 22.0 Å². The molecule has 18 heavy (non-hydrogen) atoms. The number of hydrogen-bond acceptors (Lipinski definition) is 1. The summed E-state index contributed by atoms with van der Waals surface area (Å²) in [5.74, 6) is -0.241. The van der Waals surface area contributed by atoms with Crippen molar-refractivity contribution in [3.63, 3.8) is 0 Å². The van der Waals surface area contributed by atoms with Crippen LogP contribution >= 0.6 is 15.9 Å². The SMILES string of the molecule is OC(CC1=CCCCC1)Cc1cc(Br)ccc1F. The molecule has 98 valence electrons. The monoisotopic (exact) mass is 312 g/mol. The van der Waals surface area contributed by atoms with Crippen LogP contribution in [0, 0.1) is 5.82 Å². The van der Waals surface area contributed by atoms with Crippen LogP contribution in [0.5, 0.6) is 0 Å². The second kappa shape index (κ2) is 6.48. The van der Waals surface area contributed by atoms with Gasteiger partial charge in [-0.2, -0.15) is 0 Å². The van der Waals surface area contributed by atoms with E-state index in [0.717, 1.165) is 17.3 Å². The summed E-state index contributed by atoms with van der Waals surface area (Å²) in [6.07, 6.45) is 7.45. The highest BCUT2D eigenvalue weighted by Crippen LogP contribution is 2.23. The summed E-state index contributed by atoms with van der Waals surface area (Å²) in [4.78, 5) is 0. The van der Waals surface area contributed by atoms with Gasteiger partial charge in [-0.1, -0.05) is 27.6 Å². The molecule has 0 bridgehead atoms. The van der Waals surface area contributed by atoms with Crippen molar-refractivity contribution in [2.75, 3.05) is 0 Å². The van der Waals surface area contributed by atoms with Crippen molar-refractivity contribution in [1.29, 1.82) is 0 Å². The third-order valence-corrected chi connectivity index (χ3v) is 3.84. The zero-order valence-electron chi connectivity index (χ0n) is 10.3. The van der Waals surface area contributed by atoms with Gasteiger partial charge in [0.1, 0.15) is 5.82 Å². The van der Waals surface area contributed by atoms with E-state index in [9.17, 15) is 9.50 Å². The summed E-state index contributed by atoms with van der Waals surface area (Å²) in [6, 6.07) is 4.86. The molecule has 0 saturated heterocycles. The Labute approximate surface area is 116 Å². The van der Waals surface area contributed by atoms with E-state index in [-0.39, 0.29) is 5.82 Å². The predicted molar refractivity (Wildman–Crippen MR) is 75.0 cm³/mol. The first-order chi connectivity index (χ1) is 8.65. The molecule has 0 radical (unpaired) electrons. The largest absolute Gasteiger partial charge is 0.392 e. The first kappa shape index (κ1) is 13.8. The lowest BCUT2D eigenvalue weighted by Gasteiger charge is -2.17. The first-order valence-electron chi connectivity index (χ1n) is 6.45. The van der Waals surface area contributed by atoms with Gasteiger partial charge in [0.05, 0.1) is 6.10 Å². The van der Waals surface area contributed by atoms with Gasteiger partial charge < -0.3 is 5.11 Å². The van der Waals surface area contributed by atoms with E-state index >= 15 is 0 Å². The third-order valence-electron chi connectivity index (χ3n) is 3.35. The first-order valence-corrected chi connectivity index (χ1v) is 7.24. The molecule has 1 nitrogen and oxygen atoms in total. The van der Waals surface area contributed by atoms with Crippen molar-refractivity contribution in [3.8, 4) is 0 Å². The highest BCUT2D eigenvalue weighted by molar-refractivity contribution is 9.10. The van der Waals surface area contributed by atoms with Crippen molar-refractivity contribution < 1.29 is 9.50 Å². The molecule has 0 aliphatic heterocycles. The van der Waals surface area contributed by atoms with Crippen LogP contribution in [-0.4, -0.2) is 11.2 Å². The van der Waals surface area contributed by atoms with Crippen LogP contribution < -0.4 is 0 Å². The summed E-state index contributed by atoms with van der Waals surface area (Å²) in [5.41, 5.74) is 1.90. The Balaban J connectivity index is 1.96. The zero-order valence-corrected chi connectivity index (χ0v) is 11.9. The van der Waals surface area contributed by atoms with E-state index in [1.807, 2.05) is 0 Å². The van der Waals surface area contributed by atoms with E-state index in [4.69, 9.17) is 0 Å². The molecule has 0 spiro atoms. The van der Waals surface area contributed by atoms with Gasteiger partial charge in [0.2, 0.25) is 0 Å². The number of allylic oxidation sites excluding steroid dienone is 1. The van der Waals surface area contributed by atoms with Gasteiger partial charge in [-0.15, -0.1) is 0 Å². The van der Waals surface area contributed by atoms with Crippen molar-refractivity contribution in [3.05, 3.63) is 45.7 Å². The second-order valence-corrected chi connectivity index (χ2v) is 5.82. The van der Waals surface area contributed by atoms with E-state index in [0.29, 0.717) is 18.4 Å². The summed E-state index contributed by atoms with van der Waals surface area (Å²) >= 11 is 3.33. The van der Waals surface area contributed by atoms with E-state index in [1.165, 1.54) is 24.5 Å². The normalized spacial score (nSPS) is 17.4. The maximum atomic E-state index is 13.6. The fraction of sp³-hybridized carbons (Fsp3) is 0.467. The van der Waals surface area contributed by atoms with Gasteiger partial charge in [0.15, 0.2) is 0 Å². The Morgan fingerprint density at radius 1 is 1.28 bits per heavy atom. The van der Waals surface area contributed by atoms with Crippen LogP contribution in [0.25, 0.3) is 0 Å². The Morgan fingerprint density at radius 3 is 2.83 bits per heavy atom. The average molecular weight is 313 g/mol. The number of benzene rings is 1. The predicted octanol–water partition coefficient (Wildman–Crippen LogP) is 4.38. The van der Waals surface area contributed by atoms with Gasteiger partial charge in [0.25, 0.3) is 0 Å². The van der Waals surface area contributed by atoms with Gasteiger partial charge >= 0.3 is 0 Å². The molecule has 0 fully saturated rings. The Morgan fingerprint density at radius 2 is 2.11 bits per heavy atom. The fourth-order valence-corrected chi connectivity index (χ4v) is 2.83. The minimum atomic E-state index is -0.488. The topological polar surface area (TPSA) is 20.2 Å². The molecule has 1 atom stereocenters. The van der Waals surface area contributed by atoms with Gasteiger partial charge in [-0.05, 0) is 55.9 Å². The molecular weight excluding hydrogens is 295 g/mol. The number of rotatable bonds is 4. The van der Waals surface area contributed by atoms with Crippen LogP contribution in [0.3, 0.4) is 0 Å². The van der Waals surface area contributed by atoms with Crippen LogP contribution in [-0.2, 0) is 6.42 Å². The molecule has 0 saturated carbocycles. The molecule has 1 unspecified atom stereocenters. The fourth-order valence-electron chi connectivity index (χ4n) is 2.42. The van der Waals surface area contributed by atoms with Gasteiger partial charge in [0, 0.05) is 10.9 Å². The molecule has 1 aromatic rings. The standard InChI is InChI=1S/C15H18BrFO/c16-13-6-7-15(17)12(9-13)10-14(18)8-11-4-2-1-3-5-11/h4,6-7,9,14,18H,1-3,5,8,10H2. The zero-order chi connectivity index (χ0) is 13.0. The molecular formula is C15H18BrFO. The summed E-state index contributed by atoms with van der Waals surface area (Å²) < 4.78 is 14.4. The summed E-state index contributed by atoms with van der Waals surface area (Å²) in [6.45, 7) is 0. The molecule has 1 aliphatic rings. The molecule has 0 amide bonds. The van der Waals surface area contributed by atoms with Crippen molar-refractivity contribution in [1.82, 2.24) is 0 Å². The third kappa shape index (κ3) is 3.92. The second-order valence-electron chi connectivity index (χ2n) is 4.91. The lowest BCUT2D eigenvalue weighted by molar-refractivity contribution is 0.172. The quantitative estimate of drug-likeness (QED) is 0.818. The number of halogens is 2. The highest BCUT2D eigenvalue weighted by atomic mass is 79.9. The minimum Gasteiger partial charge on any atom is -0.392 e. The van der Waals surface area contributed by atoms with Crippen molar-refractivity contribution in [2.45, 2.75) is 44.6 Å². The lowest BCUT2D eigenvalue weighted by atomic mass is 9.93. The Hall–Kier alpha value is -0.670. The van der Waals surface area contributed by atoms with Crippen LogP contribution in [0.4, 0.5) is 4.39 Å². The maximum Gasteiger partial charge on any atom is 0.126 e.